The van der Waals surface area contributed by atoms with Crippen molar-refractivity contribution >= 4 is 0 Å². The molecule has 28 heavy (non-hydrogen) atoms. The van der Waals surface area contributed by atoms with Gasteiger partial charge in [-0.25, -0.2) is 0 Å². The first-order chi connectivity index (χ1) is 13.5. The predicted octanol–water partition coefficient (Wildman–Crippen LogP) is -1.56. The fourth-order valence-electron chi connectivity index (χ4n) is 2.34. The molecule has 0 aromatic carbocycles. The zero-order chi connectivity index (χ0) is 20.9. The smallest absolute Gasteiger partial charge is 0.188 e. The molecular formula is C20H28O8. The van der Waals surface area contributed by atoms with Gasteiger partial charge in [0.1, 0.15) is 30.5 Å². The van der Waals surface area contributed by atoms with Crippen LogP contribution in [0.3, 0.4) is 0 Å². The Balaban J connectivity index is 2.94. The fourth-order valence-corrected chi connectivity index (χ4v) is 2.34. The van der Waals surface area contributed by atoms with Crippen molar-refractivity contribution < 1.29 is 40.1 Å². The maximum absolute atomic E-state index is 10.3. The predicted molar refractivity (Wildman–Crippen MR) is 100 cm³/mol. The molecule has 0 aliphatic carbocycles. The van der Waals surface area contributed by atoms with Gasteiger partial charge in [0.15, 0.2) is 12.4 Å². The summed E-state index contributed by atoms with van der Waals surface area (Å²) >= 11 is 0. The van der Waals surface area contributed by atoms with Gasteiger partial charge in [0, 0.05) is 6.61 Å². The van der Waals surface area contributed by atoms with Crippen molar-refractivity contribution in [2.45, 2.75) is 62.7 Å². The first kappa shape index (κ1) is 24.3. The van der Waals surface area contributed by atoms with Gasteiger partial charge in [-0.2, -0.15) is 0 Å². The van der Waals surface area contributed by atoms with Crippen LogP contribution in [-0.2, 0) is 9.47 Å². The summed E-state index contributed by atoms with van der Waals surface area (Å²) in [6.45, 7) is 1.22. The molecule has 0 aromatic rings. The van der Waals surface area contributed by atoms with Gasteiger partial charge in [0.05, 0.1) is 6.61 Å². The van der Waals surface area contributed by atoms with Crippen LogP contribution in [0.25, 0.3) is 0 Å². The van der Waals surface area contributed by atoms with Crippen LogP contribution in [0.15, 0.2) is 24.3 Å². The van der Waals surface area contributed by atoms with Crippen LogP contribution in [0.4, 0.5) is 0 Å². The molecule has 0 radical (unpaired) electrons. The third kappa shape index (κ3) is 7.72. The van der Waals surface area contributed by atoms with E-state index in [1.54, 1.807) is 25.2 Å². The van der Waals surface area contributed by atoms with Gasteiger partial charge >= 0.3 is 0 Å². The van der Waals surface area contributed by atoms with Crippen LogP contribution >= 0.6 is 0 Å². The molecule has 1 fully saturated rings. The van der Waals surface area contributed by atoms with Crippen molar-refractivity contribution in [3.63, 3.8) is 0 Å². The summed E-state index contributed by atoms with van der Waals surface area (Å²) in [4.78, 5) is 0. The highest BCUT2D eigenvalue weighted by atomic mass is 16.7. The summed E-state index contributed by atoms with van der Waals surface area (Å²) in [5.41, 5.74) is 0. The van der Waals surface area contributed by atoms with Gasteiger partial charge in [0.2, 0.25) is 0 Å². The Morgan fingerprint density at radius 1 is 1.11 bits per heavy atom. The second kappa shape index (κ2) is 13.5. The fraction of sp³-hybridized carbons (Fsp3) is 0.600. The second-order valence-electron chi connectivity index (χ2n) is 6.08. The second-order valence-corrected chi connectivity index (χ2v) is 6.08. The molecule has 8 heteroatoms. The number of allylic oxidation sites excluding steroid dienone is 3. The van der Waals surface area contributed by atoms with E-state index in [0.717, 1.165) is 0 Å². The van der Waals surface area contributed by atoms with Gasteiger partial charge in [-0.15, -0.1) is 0 Å². The number of hydrogen-bond donors (Lipinski definition) is 6. The average molecular weight is 396 g/mol. The normalized spacial score (nSPS) is 29.8. The van der Waals surface area contributed by atoms with Crippen molar-refractivity contribution in [2.75, 3.05) is 13.2 Å². The van der Waals surface area contributed by atoms with Crippen LogP contribution in [-0.4, -0.2) is 86.8 Å². The van der Waals surface area contributed by atoms with Gasteiger partial charge in [-0.05, 0) is 37.7 Å². The third-order valence-corrected chi connectivity index (χ3v) is 3.90. The number of aliphatic hydroxyl groups excluding tert-OH is 6. The summed E-state index contributed by atoms with van der Waals surface area (Å²) in [7, 11) is 0. The van der Waals surface area contributed by atoms with E-state index in [9.17, 15) is 25.5 Å². The molecular weight excluding hydrogens is 368 g/mol. The molecule has 8 nitrogen and oxygen atoms in total. The molecule has 0 amide bonds. The zero-order valence-electron chi connectivity index (χ0n) is 15.7. The maximum Gasteiger partial charge on any atom is 0.188 e. The molecule has 156 valence electrons. The lowest BCUT2D eigenvalue weighted by Gasteiger charge is -2.40. The highest BCUT2D eigenvalue weighted by Gasteiger charge is 2.45. The molecule has 7 atom stereocenters. The highest BCUT2D eigenvalue weighted by molar-refractivity contribution is 5.32. The summed E-state index contributed by atoms with van der Waals surface area (Å²) in [5, 5.41) is 58.1. The van der Waals surface area contributed by atoms with Gasteiger partial charge in [-0.3, -0.25) is 0 Å². The summed E-state index contributed by atoms with van der Waals surface area (Å²) in [6.07, 6.45) is -2.19. The zero-order valence-corrected chi connectivity index (χ0v) is 15.7. The van der Waals surface area contributed by atoms with Crippen molar-refractivity contribution in [2.24, 2.45) is 0 Å². The van der Waals surface area contributed by atoms with Gasteiger partial charge in [-0.1, -0.05) is 30.1 Å². The lowest BCUT2D eigenvalue weighted by atomic mass is 9.99. The molecule has 0 spiro atoms. The molecule has 1 aliphatic rings. The first-order valence-electron chi connectivity index (χ1n) is 9.00. The van der Waals surface area contributed by atoms with E-state index < -0.39 is 49.5 Å². The van der Waals surface area contributed by atoms with Gasteiger partial charge in [0.25, 0.3) is 0 Å². The lowest BCUT2D eigenvalue weighted by molar-refractivity contribution is -0.310. The number of rotatable bonds is 8. The minimum absolute atomic E-state index is 0.0194. The topological polar surface area (TPSA) is 140 Å². The monoisotopic (exact) mass is 396 g/mol. The average Bonchev–Trinajstić information content (AvgIpc) is 2.70. The van der Waals surface area contributed by atoms with Crippen LogP contribution in [0.2, 0.25) is 0 Å². The first-order valence-corrected chi connectivity index (χ1v) is 9.00. The lowest BCUT2D eigenvalue weighted by Crippen LogP contribution is -2.60. The largest absolute Gasteiger partial charge is 0.396 e. The van der Waals surface area contributed by atoms with E-state index >= 15 is 0 Å². The Morgan fingerprint density at radius 3 is 2.50 bits per heavy atom. The van der Waals surface area contributed by atoms with Crippen molar-refractivity contribution in [1.82, 2.24) is 0 Å². The Kier molecular flexibility index (Phi) is 11.7. The van der Waals surface area contributed by atoms with Crippen LogP contribution in [0.5, 0.6) is 0 Å². The van der Waals surface area contributed by atoms with Gasteiger partial charge < -0.3 is 40.1 Å². The molecule has 6 N–H and O–H groups in total. The number of hydrogen-bond acceptors (Lipinski definition) is 8. The molecule has 1 aliphatic heterocycles. The van der Waals surface area contributed by atoms with E-state index in [-0.39, 0.29) is 6.61 Å². The molecule has 1 rings (SSSR count). The third-order valence-electron chi connectivity index (χ3n) is 3.90. The Hall–Kier alpha value is -1.72. The molecule has 1 saturated heterocycles. The number of unbranched alkanes of at least 4 members (excludes halogenated alkanes) is 1. The standard InChI is InChI=1S/C20H28O8/c1-2-3-4-5-8-11-15(14(23)10-7-6-9-12-21)27-20-19(26)18(25)17(24)16(13-22)28-20/h2-3,7,10,14-26H,6,9,12-13H2,1H3/t14-,15-,16-,17-,18+,19-,20-/m1/s1. The molecule has 0 unspecified atom stereocenters. The van der Waals surface area contributed by atoms with Crippen molar-refractivity contribution in [3.05, 3.63) is 24.3 Å². The van der Waals surface area contributed by atoms with Crippen LogP contribution in [0.1, 0.15) is 19.8 Å². The Morgan fingerprint density at radius 2 is 1.86 bits per heavy atom. The van der Waals surface area contributed by atoms with E-state index in [0.29, 0.717) is 12.8 Å². The molecule has 0 saturated carbocycles. The maximum atomic E-state index is 10.3. The van der Waals surface area contributed by atoms with E-state index in [2.05, 4.69) is 23.7 Å². The minimum atomic E-state index is -1.61. The van der Waals surface area contributed by atoms with Crippen molar-refractivity contribution in [1.29, 1.82) is 0 Å². The highest BCUT2D eigenvalue weighted by Crippen LogP contribution is 2.23. The van der Waals surface area contributed by atoms with Crippen molar-refractivity contribution in [3.8, 4) is 23.7 Å². The Labute approximate surface area is 164 Å². The quantitative estimate of drug-likeness (QED) is 0.165. The van der Waals surface area contributed by atoms with Crippen LogP contribution in [0, 0.1) is 23.7 Å². The molecule has 1 heterocycles. The van der Waals surface area contributed by atoms with E-state index in [4.69, 9.17) is 14.6 Å². The summed E-state index contributed by atoms with van der Waals surface area (Å²) < 4.78 is 10.8. The van der Waals surface area contributed by atoms with E-state index in [1.807, 2.05) is 0 Å². The number of aliphatic hydroxyl groups is 6. The SMILES string of the molecule is CC=CC#CC#C[C@@H](O[C@@H]1O[C@H](CO)[C@@H](O)[C@H](O)[C@H]1O)[C@H](O)C=CCCCO. The van der Waals surface area contributed by atoms with E-state index in [1.165, 1.54) is 6.08 Å². The number of ether oxygens (including phenoxy) is 2. The molecule has 0 aromatic heterocycles. The summed E-state index contributed by atoms with van der Waals surface area (Å²) in [6, 6.07) is 0. The Bertz CT molecular complexity index is 622. The van der Waals surface area contributed by atoms with Crippen LogP contribution < -0.4 is 0 Å². The minimum Gasteiger partial charge on any atom is -0.396 e. The summed E-state index contributed by atoms with van der Waals surface area (Å²) in [5.74, 6) is 10.4. The molecule has 0 bridgehead atoms.